The fraction of sp³-hybridized carbons (Fsp3) is 0.435. The van der Waals surface area contributed by atoms with Gasteiger partial charge in [0.05, 0.1) is 7.11 Å². The van der Waals surface area contributed by atoms with Gasteiger partial charge in [0.25, 0.3) is 0 Å². The first-order valence-corrected chi connectivity index (χ1v) is 10.2. The van der Waals surface area contributed by atoms with Gasteiger partial charge in [-0.2, -0.15) is 0 Å². The van der Waals surface area contributed by atoms with Crippen LogP contribution in [0.5, 0.6) is 11.5 Å². The number of rotatable bonds is 6. The first-order valence-electron chi connectivity index (χ1n) is 10.2. The lowest BCUT2D eigenvalue weighted by Gasteiger charge is -2.38. The summed E-state index contributed by atoms with van der Waals surface area (Å²) in [5.41, 5.74) is 2.14. The molecule has 1 aliphatic rings. The highest BCUT2D eigenvalue weighted by Crippen LogP contribution is 2.23. The van der Waals surface area contributed by atoms with Crippen LogP contribution in [-0.4, -0.2) is 48.8 Å². The van der Waals surface area contributed by atoms with Gasteiger partial charge in [-0.05, 0) is 43.5 Å². The fourth-order valence-corrected chi connectivity index (χ4v) is 3.80. The average Bonchev–Trinajstić information content (AvgIpc) is 2.74. The van der Waals surface area contributed by atoms with E-state index in [-0.39, 0.29) is 5.75 Å². The third-order valence-corrected chi connectivity index (χ3v) is 5.54. The lowest BCUT2D eigenvalue weighted by atomic mass is 9.97. The Morgan fingerprint density at radius 1 is 1.24 bits per heavy atom. The van der Waals surface area contributed by atoms with Crippen molar-refractivity contribution in [1.29, 1.82) is 0 Å². The van der Waals surface area contributed by atoms with Crippen molar-refractivity contribution in [1.82, 2.24) is 15.5 Å². The largest absolute Gasteiger partial charge is 0.508 e. The maximum atomic E-state index is 10.1. The zero-order valence-electron chi connectivity index (χ0n) is 17.6. The van der Waals surface area contributed by atoms with E-state index in [1.165, 1.54) is 5.56 Å². The summed E-state index contributed by atoms with van der Waals surface area (Å²) in [5, 5.41) is 16.9. The molecule has 0 aromatic heterocycles. The van der Waals surface area contributed by atoms with E-state index in [0.717, 1.165) is 43.2 Å². The second-order valence-corrected chi connectivity index (χ2v) is 7.59. The molecule has 2 atom stereocenters. The Labute approximate surface area is 173 Å². The molecule has 0 bridgehead atoms. The number of hydrogen-bond acceptors (Lipinski definition) is 4. The van der Waals surface area contributed by atoms with E-state index in [4.69, 9.17) is 4.74 Å². The lowest BCUT2D eigenvalue weighted by molar-refractivity contribution is 0.134. The number of piperidine rings is 1. The summed E-state index contributed by atoms with van der Waals surface area (Å²) in [5.74, 6) is 1.72. The molecule has 3 N–H and O–H groups in total. The van der Waals surface area contributed by atoms with Gasteiger partial charge in [0.15, 0.2) is 5.96 Å². The Morgan fingerprint density at radius 3 is 2.72 bits per heavy atom. The molecule has 1 heterocycles. The Bertz CT molecular complexity index is 810. The maximum Gasteiger partial charge on any atom is 0.191 e. The number of aliphatic imine (C=N–C) groups is 1. The van der Waals surface area contributed by atoms with Crippen molar-refractivity contribution >= 4 is 5.96 Å². The number of nitrogens with zero attached hydrogens (tertiary/aromatic N) is 2. The summed E-state index contributed by atoms with van der Waals surface area (Å²) < 4.78 is 5.24. The molecule has 0 saturated carbocycles. The van der Waals surface area contributed by atoms with Crippen molar-refractivity contribution in [2.75, 3.05) is 20.7 Å². The van der Waals surface area contributed by atoms with E-state index < -0.39 is 0 Å². The van der Waals surface area contributed by atoms with Gasteiger partial charge in [-0.25, -0.2) is 0 Å². The molecule has 6 nitrogen and oxygen atoms in total. The molecule has 1 aliphatic heterocycles. The normalized spacial score (nSPS) is 20.3. The monoisotopic (exact) mass is 396 g/mol. The second kappa shape index (κ2) is 10.2. The van der Waals surface area contributed by atoms with E-state index in [1.807, 2.05) is 6.07 Å². The number of ether oxygens (including phenoxy) is 1. The van der Waals surface area contributed by atoms with Crippen LogP contribution in [0.3, 0.4) is 0 Å². The van der Waals surface area contributed by atoms with Crippen LogP contribution in [0.25, 0.3) is 0 Å². The molecular weight excluding hydrogens is 364 g/mol. The average molecular weight is 397 g/mol. The Balaban J connectivity index is 1.50. The van der Waals surface area contributed by atoms with Gasteiger partial charge in [0.2, 0.25) is 0 Å². The molecule has 2 aromatic rings. The van der Waals surface area contributed by atoms with E-state index in [0.29, 0.717) is 18.6 Å². The van der Waals surface area contributed by atoms with Crippen molar-refractivity contribution < 1.29 is 9.84 Å². The van der Waals surface area contributed by atoms with E-state index >= 15 is 0 Å². The summed E-state index contributed by atoms with van der Waals surface area (Å²) >= 11 is 0. The molecule has 2 unspecified atom stereocenters. The molecule has 156 valence electrons. The van der Waals surface area contributed by atoms with Crippen LogP contribution >= 0.6 is 0 Å². The van der Waals surface area contributed by atoms with Crippen molar-refractivity contribution in [3.05, 3.63) is 59.7 Å². The predicted molar refractivity (Wildman–Crippen MR) is 117 cm³/mol. The lowest BCUT2D eigenvalue weighted by Crippen LogP contribution is -2.51. The van der Waals surface area contributed by atoms with Crippen LogP contribution in [0.1, 0.15) is 30.9 Å². The van der Waals surface area contributed by atoms with Gasteiger partial charge in [-0.15, -0.1) is 0 Å². The Kier molecular flexibility index (Phi) is 7.36. The second-order valence-electron chi connectivity index (χ2n) is 7.59. The minimum Gasteiger partial charge on any atom is -0.508 e. The summed E-state index contributed by atoms with van der Waals surface area (Å²) in [4.78, 5) is 6.89. The molecule has 0 amide bonds. The van der Waals surface area contributed by atoms with Crippen LogP contribution in [0.15, 0.2) is 53.5 Å². The highest BCUT2D eigenvalue weighted by molar-refractivity contribution is 5.80. The van der Waals surface area contributed by atoms with Crippen LogP contribution in [0.2, 0.25) is 0 Å². The standard InChI is InChI=1S/C23H32N4O2/c1-17-13-20(11-12-27(17)16-18-7-5-4-6-8-18)26-23(24-2)25-15-19-14-21(29-3)9-10-22(19)28/h4-10,14,17,20,28H,11-13,15-16H2,1-3H3,(H2,24,25,26). The van der Waals surface area contributed by atoms with Gasteiger partial charge in [-0.3, -0.25) is 9.89 Å². The van der Waals surface area contributed by atoms with Crippen molar-refractivity contribution in [2.45, 2.75) is 44.9 Å². The number of hydrogen-bond donors (Lipinski definition) is 3. The summed E-state index contributed by atoms with van der Waals surface area (Å²) in [6.07, 6.45) is 2.14. The summed E-state index contributed by atoms with van der Waals surface area (Å²) in [7, 11) is 3.39. The summed E-state index contributed by atoms with van der Waals surface area (Å²) in [6.45, 7) is 4.82. The number of phenolic OH excluding ortho intramolecular Hbond substituents is 1. The van der Waals surface area contributed by atoms with Crippen molar-refractivity contribution in [2.24, 2.45) is 4.99 Å². The number of nitrogens with one attached hydrogen (secondary N) is 2. The quantitative estimate of drug-likeness (QED) is 0.517. The molecule has 2 aromatic carbocycles. The smallest absolute Gasteiger partial charge is 0.191 e. The van der Waals surface area contributed by atoms with Gasteiger partial charge in [-0.1, -0.05) is 30.3 Å². The first-order chi connectivity index (χ1) is 14.1. The van der Waals surface area contributed by atoms with Gasteiger partial charge < -0.3 is 20.5 Å². The van der Waals surface area contributed by atoms with Crippen molar-refractivity contribution in [3.63, 3.8) is 0 Å². The minimum absolute atomic E-state index is 0.247. The molecule has 29 heavy (non-hydrogen) atoms. The summed E-state index contributed by atoms with van der Waals surface area (Å²) in [6, 6.07) is 16.8. The number of aromatic hydroxyl groups is 1. The Hall–Kier alpha value is -2.73. The molecular formula is C23H32N4O2. The zero-order chi connectivity index (χ0) is 20.6. The van der Waals surface area contributed by atoms with Gasteiger partial charge in [0, 0.05) is 44.3 Å². The molecule has 0 spiro atoms. The van der Waals surface area contributed by atoms with E-state index in [2.05, 4.69) is 57.8 Å². The number of phenols is 1. The molecule has 3 rings (SSSR count). The van der Waals surface area contributed by atoms with Crippen LogP contribution in [0.4, 0.5) is 0 Å². The number of methoxy groups -OCH3 is 1. The molecule has 1 saturated heterocycles. The third kappa shape index (κ3) is 5.87. The maximum absolute atomic E-state index is 10.1. The molecule has 0 aliphatic carbocycles. The van der Waals surface area contributed by atoms with Crippen LogP contribution in [0, 0.1) is 0 Å². The highest BCUT2D eigenvalue weighted by atomic mass is 16.5. The van der Waals surface area contributed by atoms with E-state index in [9.17, 15) is 5.11 Å². The van der Waals surface area contributed by atoms with Gasteiger partial charge >= 0.3 is 0 Å². The minimum atomic E-state index is 0.247. The highest BCUT2D eigenvalue weighted by Gasteiger charge is 2.26. The van der Waals surface area contributed by atoms with Gasteiger partial charge in [0.1, 0.15) is 11.5 Å². The zero-order valence-corrected chi connectivity index (χ0v) is 17.6. The number of benzene rings is 2. The van der Waals surface area contributed by atoms with E-state index in [1.54, 1.807) is 26.3 Å². The molecule has 1 fully saturated rings. The Morgan fingerprint density at radius 2 is 2.03 bits per heavy atom. The predicted octanol–water partition coefficient (Wildman–Crippen LogP) is 3.12. The third-order valence-electron chi connectivity index (χ3n) is 5.54. The fourth-order valence-electron chi connectivity index (χ4n) is 3.80. The van der Waals surface area contributed by atoms with Crippen molar-refractivity contribution in [3.8, 4) is 11.5 Å². The van der Waals surface area contributed by atoms with Crippen LogP contribution < -0.4 is 15.4 Å². The number of likely N-dealkylation sites (tertiary alicyclic amines) is 1. The first kappa shape index (κ1) is 21.0. The topological polar surface area (TPSA) is 69.1 Å². The molecule has 6 heteroatoms. The number of guanidine groups is 1. The molecule has 0 radical (unpaired) electrons. The van der Waals surface area contributed by atoms with Crippen LogP contribution in [-0.2, 0) is 13.1 Å². The SMILES string of the molecule is CN=C(NCc1cc(OC)ccc1O)NC1CCN(Cc2ccccc2)C(C)C1.